The van der Waals surface area contributed by atoms with Crippen molar-refractivity contribution in [3.8, 4) is 0 Å². The summed E-state index contributed by atoms with van der Waals surface area (Å²) in [7, 11) is 0. The minimum absolute atomic E-state index is 0.00809. The standard InChI is InChI=1S/C15H17N7O4/c23-15(10-3-1-5-16-7-10)21-20-14-12(22(24)25)13(18-9-19-14)17-8-11-4-2-6-26-11/h1,3,5,7,9,11H,2,4,6,8H2,(H,21,23)(H2,17,18,19,20). The fourth-order valence-electron chi connectivity index (χ4n) is 2.47. The molecule has 1 atom stereocenters. The molecule has 0 aliphatic carbocycles. The van der Waals surface area contributed by atoms with Gasteiger partial charge in [0.25, 0.3) is 5.91 Å². The van der Waals surface area contributed by atoms with E-state index in [1.807, 2.05) is 0 Å². The van der Waals surface area contributed by atoms with Crippen LogP contribution in [-0.2, 0) is 4.74 Å². The quantitative estimate of drug-likeness (QED) is 0.489. The zero-order valence-corrected chi connectivity index (χ0v) is 13.7. The molecule has 3 N–H and O–H groups in total. The van der Waals surface area contributed by atoms with Crippen LogP contribution in [0.15, 0.2) is 30.9 Å². The van der Waals surface area contributed by atoms with Gasteiger partial charge in [0.2, 0.25) is 11.6 Å². The van der Waals surface area contributed by atoms with Crippen molar-refractivity contribution < 1.29 is 14.5 Å². The van der Waals surface area contributed by atoms with Gasteiger partial charge in [0.1, 0.15) is 6.33 Å². The third-order valence-electron chi connectivity index (χ3n) is 3.74. The maximum atomic E-state index is 12.0. The molecule has 1 fully saturated rings. The SMILES string of the molecule is O=C(NNc1ncnc(NCC2CCCO2)c1[N+](=O)[O-])c1cccnc1. The van der Waals surface area contributed by atoms with E-state index in [1.165, 1.54) is 18.7 Å². The summed E-state index contributed by atoms with van der Waals surface area (Å²) >= 11 is 0. The van der Waals surface area contributed by atoms with Gasteiger partial charge in [-0.25, -0.2) is 9.97 Å². The van der Waals surface area contributed by atoms with E-state index < -0.39 is 10.8 Å². The van der Waals surface area contributed by atoms with Crippen LogP contribution in [-0.4, -0.2) is 45.0 Å². The molecule has 0 saturated carbocycles. The van der Waals surface area contributed by atoms with Crippen molar-refractivity contribution in [3.63, 3.8) is 0 Å². The van der Waals surface area contributed by atoms with Crippen LogP contribution in [0.3, 0.4) is 0 Å². The lowest BCUT2D eigenvalue weighted by molar-refractivity contribution is -0.383. The van der Waals surface area contributed by atoms with E-state index in [1.54, 1.807) is 12.1 Å². The lowest BCUT2D eigenvalue weighted by Gasteiger charge is -2.13. The maximum Gasteiger partial charge on any atom is 0.354 e. The average molecular weight is 359 g/mol. The van der Waals surface area contributed by atoms with E-state index >= 15 is 0 Å². The summed E-state index contributed by atoms with van der Waals surface area (Å²) in [6.45, 7) is 1.09. The molecule has 1 saturated heterocycles. The van der Waals surface area contributed by atoms with E-state index in [2.05, 4.69) is 31.1 Å². The van der Waals surface area contributed by atoms with Crippen molar-refractivity contribution in [1.29, 1.82) is 0 Å². The highest BCUT2D eigenvalue weighted by atomic mass is 16.6. The zero-order valence-electron chi connectivity index (χ0n) is 13.7. The summed E-state index contributed by atoms with van der Waals surface area (Å²) < 4.78 is 5.48. The second kappa shape index (κ2) is 8.16. The highest BCUT2D eigenvalue weighted by Gasteiger charge is 2.25. The maximum absolute atomic E-state index is 12.0. The topological polar surface area (TPSA) is 144 Å². The molecule has 0 aromatic carbocycles. The highest BCUT2D eigenvalue weighted by Crippen LogP contribution is 2.28. The molecule has 1 amide bonds. The smallest absolute Gasteiger partial charge is 0.354 e. The van der Waals surface area contributed by atoms with Gasteiger partial charge >= 0.3 is 5.69 Å². The number of hydrazine groups is 1. The van der Waals surface area contributed by atoms with Crippen LogP contribution in [0.1, 0.15) is 23.2 Å². The Balaban J connectivity index is 1.70. The fraction of sp³-hybridized carbons (Fsp3) is 0.333. The van der Waals surface area contributed by atoms with Gasteiger partial charge in [-0.05, 0) is 25.0 Å². The zero-order chi connectivity index (χ0) is 18.4. The van der Waals surface area contributed by atoms with Gasteiger partial charge in [-0.2, -0.15) is 0 Å². The van der Waals surface area contributed by atoms with Crippen molar-refractivity contribution >= 4 is 23.2 Å². The lowest BCUT2D eigenvalue weighted by Crippen LogP contribution is -2.30. The van der Waals surface area contributed by atoms with Crippen LogP contribution in [0.5, 0.6) is 0 Å². The predicted molar refractivity (Wildman–Crippen MR) is 91.5 cm³/mol. The van der Waals surface area contributed by atoms with E-state index in [4.69, 9.17) is 4.74 Å². The largest absolute Gasteiger partial charge is 0.376 e. The number of nitrogens with zero attached hydrogens (tertiary/aromatic N) is 4. The summed E-state index contributed by atoms with van der Waals surface area (Å²) in [4.78, 5) is 34.5. The summed E-state index contributed by atoms with van der Waals surface area (Å²) in [5.41, 5.74) is 4.76. The lowest BCUT2D eigenvalue weighted by atomic mass is 10.2. The van der Waals surface area contributed by atoms with Gasteiger partial charge in [0.15, 0.2) is 0 Å². The van der Waals surface area contributed by atoms with Crippen LogP contribution in [0.2, 0.25) is 0 Å². The van der Waals surface area contributed by atoms with Crippen LogP contribution in [0.25, 0.3) is 0 Å². The molecule has 0 radical (unpaired) electrons. The Morgan fingerprint density at radius 1 is 1.38 bits per heavy atom. The van der Waals surface area contributed by atoms with Gasteiger partial charge in [-0.15, -0.1) is 0 Å². The minimum Gasteiger partial charge on any atom is -0.376 e. The molecule has 11 heteroatoms. The first-order valence-electron chi connectivity index (χ1n) is 7.96. The number of amides is 1. The first-order valence-corrected chi connectivity index (χ1v) is 7.96. The van der Waals surface area contributed by atoms with Crippen LogP contribution >= 0.6 is 0 Å². The van der Waals surface area contributed by atoms with Crippen LogP contribution in [0, 0.1) is 10.1 Å². The molecule has 0 bridgehead atoms. The van der Waals surface area contributed by atoms with E-state index in [9.17, 15) is 14.9 Å². The molecule has 2 aromatic heterocycles. The second-order valence-corrected chi connectivity index (χ2v) is 5.51. The summed E-state index contributed by atoms with van der Waals surface area (Å²) in [5, 5.41) is 14.4. The number of anilines is 2. The molecule has 136 valence electrons. The van der Waals surface area contributed by atoms with Gasteiger partial charge < -0.3 is 10.1 Å². The number of ether oxygens (including phenoxy) is 1. The fourth-order valence-corrected chi connectivity index (χ4v) is 2.47. The Labute approximate surface area is 148 Å². The van der Waals surface area contributed by atoms with Crippen molar-refractivity contribution in [2.45, 2.75) is 18.9 Å². The molecule has 26 heavy (non-hydrogen) atoms. The number of pyridine rings is 1. The Kier molecular flexibility index (Phi) is 5.49. The number of carbonyl (C=O) groups excluding carboxylic acids is 1. The van der Waals surface area contributed by atoms with Gasteiger partial charge in [-0.3, -0.25) is 30.7 Å². The van der Waals surface area contributed by atoms with Crippen molar-refractivity contribution in [3.05, 3.63) is 46.5 Å². The van der Waals surface area contributed by atoms with Crippen LogP contribution in [0.4, 0.5) is 17.3 Å². The number of hydrogen-bond acceptors (Lipinski definition) is 9. The second-order valence-electron chi connectivity index (χ2n) is 5.51. The molecule has 1 aliphatic rings. The highest BCUT2D eigenvalue weighted by molar-refractivity contribution is 5.94. The Hall–Kier alpha value is -3.34. The third kappa shape index (κ3) is 4.19. The molecule has 3 heterocycles. The van der Waals surface area contributed by atoms with Crippen LogP contribution < -0.4 is 16.2 Å². The Bertz CT molecular complexity index is 781. The number of aromatic nitrogens is 3. The minimum atomic E-state index is -0.615. The summed E-state index contributed by atoms with van der Waals surface area (Å²) in [6, 6.07) is 3.17. The van der Waals surface area contributed by atoms with Crippen molar-refractivity contribution in [1.82, 2.24) is 20.4 Å². The molecule has 0 spiro atoms. The molecule has 11 nitrogen and oxygen atoms in total. The van der Waals surface area contributed by atoms with Gasteiger partial charge in [-0.1, -0.05) is 0 Å². The molecule has 2 aromatic rings. The monoisotopic (exact) mass is 359 g/mol. The average Bonchev–Trinajstić information content (AvgIpc) is 3.18. The number of nitrogens with one attached hydrogen (secondary N) is 3. The van der Waals surface area contributed by atoms with E-state index in [-0.39, 0.29) is 23.4 Å². The van der Waals surface area contributed by atoms with Crippen molar-refractivity contribution in [2.24, 2.45) is 0 Å². The molecule has 1 unspecified atom stereocenters. The van der Waals surface area contributed by atoms with Crippen molar-refractivity contribution in [2.75, 3.05) is 23.9 Å². The molecular formula is C15H17N7O4. The molecule has 3 rings (SSSR count). The summed E-state index contributed by atoms with van der Waals surface area (Å²) in [6.07, 6.45) is 5.92. The Morgan fingerprint density at radius 3 is 2.92 bits per heavy atom. The summed E-state index contributed by atoms with van der Waals surface area (Å²) in [5.74, 6) is -0.574. The number of hydrogen-bond donors (Lipinski definition) is 3. The molecular weight excluding hydrogens is 342 g/mol. The van der Waals surface area contributed by atoms with E-state index in [0.29, 0.717) is 18.7 Å². The number of carbonyl (C=O) groups is 1. The van der Waals surface area contributed by atoms with E-state index in [0.717, 1.165) is 12.8 Å². The number of nitro groups is 1. The van der Waals surface area contributed by atoms with Gasteiger partial charge in [0, 0.05) is 25.5 Å². The van der Waals surface area contributed by atoms with Gasteiger partial charge in [0.05, 0.1) is 16.6 Å². The first kappa shape index (κ1) is 17.5. The first-order chi connectivity index (χ1) is 12.6. The normalized spacial score (nSPS) is 16.1. The molecule has 1 aliphatic heterocycles. The predicted octanol–water partition coefficient (Wildman–Crippen LogP) is 1.13. The third-order valence-corrected chi connectivity index (χ3v) is 3.74. The Morgan fingerprint density at radius 2 is 2.23 bits per heavy atom. The number of rotatable bonds is 7.